The van der Waals surface area contributed by atoms with Crippen molar-refractivity contribution in [1.82, 2.24) is 0 Å². The van der Waals surface area contributed by atoms with Crippen molar-refractivity contribution in [2.24, 2.45) is 0 Å². The number of nitrogens with zero attached hydrogens (tertiary/aromatic N) is 1. The molecule has 0 aliphatic rings. The number of likely N-dealkylation sites (N-methyl/N-ethyl adjacent to an activating group) is 1. The summed E-state index contributed by atoms with van der Waals surface area (Å²) >= 11 is 0. The molecule has 1 atom stereocenters. The highest BCUT2D eigenvalue weighted by Crippen LogP contribution is 2.15. The summed E-state index contributed by atoms with van der Waals surface area (Å²) in [5.74, 6) is -1.18. The first-order chi connectivity index (χ1) is 15.2. The van der Waals surface area contributed by atoms with Crippen LogP contribution < -0.4 is 0 Å². The van der Waals surface area contributed by atoms with E-state index in [4.69, 9.17) is 9.84 Å². The van der Waals surface area contributed by atoms with E-state index in [0.717, 1.165) is 12.8 Å². The van der Waals surface area contributed by atoms with Gasteiger partial charge in [0, 0.05) is 6.42 Å². The fourth-order valence-electron chi connectivity index (χ4n) is 4.19. The second-order valence-electron chi connectivity index (χ2n) is 10.6. The number of esters is 1. The number of quaternary nitrogens is 1. The first kappa shape index (κ1) is 30.9. The largest absolute Gasteiger partial charge is 0.481 e. The SMILES string of the molecule is CCCCCCCCCCCCCCCCCCCC(=O)O[C@@H](CC(=O)O)C[N+](C)(C)C. The van der Waals surface area contributed by atoms with Crippen molar-refractivity contribution in [3.8, 4) is 0 Å². The average Bonchev–Trinajstić information content (AvgIpc) is 2.68. The highest BCUT2D eigenvalue weighted by Gasteiger charge is 2.24. The summed E-state index contributed by atoms with van der Waals surface area (Å²) in [7, 11) is 5.91. The summed E-state index contributed by atoms with van der Waals surface area (Å²) in [6, 6.07) is 0. The Kier molecular flexibility index (Phi) is 19.8. The molecule has 0 saturated heterocycles. The number of carbonyl (C=O) groups excluding carboxylic acids is 1. The van der Waals surface area contributed by atoms with E-state index in [1.807, 2.05) is 21.1 Å². The zero-order chi connectivity index (χ0) is 24.1. The molecule has 5 nitrogen and oxygen atoms in total. The molecule has 0 rings (SSSR count). The third kappa shape index (κ3) is 23.6. The summed E-state index contributed by atoms with van der Waals surface area (Å²) < 4.78 is 6.00. The lowest BCUT2D eigenvalue weighted by Crippen LogP contribution is -2.43. The molecular formula is C27H54NO4+. The van der Waals surface area contributed by atoms with Crippen LogP contribution in [0, 0.1) is 0 Å². The Morgan fingerprint density at radius 2 is 1.06 bits per heavy atom. The fourth-order valence-corrected chi connectivity index (χ4v) is 4.19. The highest BCUT2D eigenvalue weighted by atomic mass is 16.5. The van der Waals surface area contributed by atoms with Crippen molar-refractivity contribution in [3.63, 3.8) is 0 Å². The van der Waals surface area contributed by atoms with Crippen LogP contribution in [0.2, 0.25) is 0 Å². The molecule has 32 heavy (non-hydrogen) atoms. The molecule has 190 valence electrons. The van der Waals surface area contributed by atoms with Crippen molar-refractivity contribution >= 4 is 11.9 Å². The highest BCUT2D eigenvalue weighted by molar-refractivity contribution is 5.71. The van der Waals surface area contributed by atoms with E-state index in [0.29, 0.717) is 17.4 Å². The van der Waals surface area contributed by atoms with Crippen molar-refractivity contribution in [2.45, 2.75) is 135 Å². The van der Waals surface area contributed by atoms with E-state index < -0.39 is 12.1 Å². The zero-order valence-corrected chi connectivity index (χ0v) is 21.8. The topological polar surface area (TPSA) is 63.6 Å². The Morgan fingerprint density at radius 3 is 1.41 bits per heavy atom. The summed E-state index contributed by atoms with van der Waals surface area (Å²) in [5.41, 5.74) is 0. The number of hydrogen-bond acceptors (Lipinski definition) is 3. The van der Waals surface area contributed by atoms with Gasteiger partial charge in [0.2, 0.25) is 0 Å². The van der Waals surface area contributed by atoms with E-state index in [-0.39, 0.29) is 12.4 Å². The van der Waals surface area contributed by atoms with E-state index in [2.05, 4.69) is 6.92 Å². The Morgan fingerprint density at radius 1 is 0.688 bits per heavy atom. The van der Waals surface area contributed by atoms with Crippen molar-refractivity contribution in [1.29, 1.82) is 0 Å². The predicted octanol–water partition coefficient (Wildman–Crippen LogP) is 7.12. The molecular weight excluding hydrogens is 402 g/mol. The Labute approximate surface area is 198 Å². The minimum absolute atomic E-state index is 0.125. The number of carboxylic acid groups (broad SMARTS) is 1. The summed E-state index contributed by atoms with van der Waals surface area (Å²) in [5, 5.41) is 9.03. The molecule has 0 aliphatic carbocycles. The van der Waals surface area contributed by atoms with Gasteiger partial charge in [0.25, 0.3) is 0 Å². The van der Waals surface area contributed by atoms with Crippen LogP contribution in [0.15, 0.2) is 0 Å². The van der Waals surface area contributed by atoms with Gasteiger partial charge in [-0.2, -0.15) is 0 Å². The standard InChI is InChI=1S/C27H53NO4/c1-5-6-7-8-9-10-11-12-13-14-15-16-17-18-19-20-21-22-27(31)32-25(23-26(29)30)24-28(2,3)4/h25H,5-24H2,1-4H3/p+1/t25-/m0/s1. The first-order valence-corrected chi connectivity index (χ1v) is 13.5. The van der Waals surface area contributed by atoms with Gasteiger partial charge in [0.15, 0.2) is 6.10 Å². The lowest BCUT2D eigenvalue weighted by Gasteiger charge is -2.28. The van der Waals surface area contributed by atoms with E-state index in [1.165, 1.54) is 96.3 Å². The molecule has 0 amide bonds. The lowest BCUT2D eigenvalue weighted by molar-refractivity contribution is -0.873. The van der Waals surface area contributed by atoms with Crippen LogP contribution in [0.25, 0.3) is 0 Å². The molecule has 0 fully saturated rings. The molecule has 0 aromatic carbocycles. The van der Waals surface area contributed by atoms with Gasteiger partial charge < -0.3 is 14.3 Å². The average molecular weight is 457 g/mol. The van der Waals surface area contributed by atoms with Gasteiger partial charge in [-0.15, -0.1) is 0 Å². The van der Waals surface area contributed by atoms with E-state index >= 15 is 0 Å². The molecule has 0 radical (unpaired) electrons. The van der Waals surface area contributed by atoms with Crippen LogP contribution in [-0.2, 0) is 14.3 Å². The van der Waals surface area contributed by atoms with Crippen LogP contribution in [-0.4, -0.2) is 55.3 Å². The summed E-state index contributed by atoms with van der Waals surface area (Å²) in [6.07, 6.45) is 22.1. The van der Waals surface area contributed by atoms with Gasteiger partial charge in [0.05, 0.1) is 27.6 Å². The molecule has 0 aromatic rings. The van der Waals surface area contributed by atoms with Crippen LogP contribution in [0.4, 0.5) is 0 Å². The Bertz CT molecular complexity index is 459. The van der Waals surface area contributed by atoms with Gasteiger partial charge in [-0.1, -0.05) is 110 Å². The monoisotopic (exact) mass is 456 g/mol. The van der Waals surface area contributed by atoms with Gasteiger partial charge in [-0.05, 0) is 6.42 Å². The van der Waals surface area contributed by atoms with E-state index in [9.17, 15) is 9.59 Å². The third-order valence-corrected chi connectivity index (χ3v) is 5.94. The molecule has 0 spiro atoms. The second-order valence-corrected chi connectivity index (χ2v) is 10.6. The Hall–Kier alpha value is -1.10. The number of carboxylic acids is 1. The number of ether oxygens (including phenoxy) is 1. The lowest BCUT2D eigenvalue weighted by atomic mass is 10.0. The molecule has 0 unspecified atom stereocenters. The molecule has 0 saturated carbocycles. The minimum atomic E-state index is -0.922. The van der Waals surface area contributed by atoms with Crippen LogP contribution >= 0.6 is 0 Å². The predicted molar refractivity (Wildman–Crippen MR) is 134 cm³/mol. The van der Waals surface area contributed by atoms with E-state index in [1.54, 1.807) is 0 Å². The molecule has 0 aliphatic heterocycles. The van der Waals surface area contributed by atoms with Gasteiger partial charge in [0.1, 0.15) is 6.54 Å². The number of carbonyl (C=O) groups is 2. The maximum atomic E-state index is 12.1. The van der Waals surface area contributed by atoms with Crippen LogP contribution in [0.5, 0.6) is 0 Å². The molecule has 1 N–H and O–H groups in total. The van der Waals surface area contributed by atoms with Crippen molar-refractivity contribution in [2.75, 3.05) is 27.7 Å². The number of unbranched alkanes of at least 4 members (excludes halogenated alkanes) is 16. The van der Waals surface area contributed by atoms with Gasteiger partial charge in [-0.3, -0.25) is 9.59 Å². The fraction of sp³-hybridized carbons (Fsp3) is 0.926. The molecule has 0 bridgehead atoms. The number of aliphatic carboxylic acids is 1. The molecule has 0 heterocycles. The van der Waals surface area contributed by atoms with Gasteiger partial charge in [-0.25, -0.2) is 0 Å². The summed E-state index contributed by atoms with van der Waals surface area (Å²) in [4.78, 5) is 23.1. The maximum absolute atomic E-state index is 12.1. The van der Waals surface area contributed by atoms with Gasteiger partial charge >= 0.3 is 11.9 Å². The molecule has 0 aromatic heterocycles. The number of rotatable bonds is 23. The zero-order valence-electron chi connectivity index (χ0n) is 21.8. The third-order valence-electron chi connectivity index (χ3n) is 5.94. The smallest absolute Gasteiger partial charge is 0.307 e. The Balaban J connectivity index is 3.50. The second kappa shape index (κ2) is 20.5. The first-order valence-electron chi connectivity index (χ1n) is 13.5. The normalized spacial score (nSPS) is 12.6. The minimum Gasteiger partial charge on any atom is -0.481 e. The van der Waals surface area contributed by atoms with Crippen LogP contribution in [0.1, 0.15) is 129 Å². The number of hydrogen-bond donors (Lipinski definition) is 1. The van der Waals surface area contributed by atoms with Crippen molar-refractivity contribution in [3.05, 3.63) is 0 Å². The van der Waals surface area contributed by atoms with Crippen LogP contribution in [0.3, 0.4) is 0 Å². The maximum Gasteiger partial charge on any atom is 0.307 e. The quantitative estimate of drug-likeness (QED) is 0.101. The molecule has 5 heteroatoms. The van der Waals surface area contributed by atoms with Crippen molar-refractivity contribution < 1.29 is 23.9 Å². The summed E-state index contributed by atoms with van der Waals surface area (Å²) in [6.45, 7) is 2.78.